The fourth-order valence-corrected chi connectivity index (χ4v) is 2.44. The predicted octanol–water partition coefficient (Wildman–Crippen LogP) is 2.82. The zero-order chi connectivity index (χ0) is 11.8. The SMILES string of the molecule is CNCCc1cc(Cl)c2c(c1)CC(C)(C)O2. The molecule has 0 saturated carbocycles. The molecule has 1 aromatic rings. The topological polar surface area (TPSA) is 21.3 Å². The highest BCUT2D eigenvalue weighted by molar-refractivity contribution is 6.32. The standard InChI is InChI=1S/C13H18ClNO/c1-13(2)8-10-6-9(4-5-15-3)7-11(14)12(10)16-13/h6-7,15H,4-5,8H2,1-3H3. The van der Waals surface area contributed by atoms with E-state index in [4.69, 9.17) is 16.3 Å². The summed E-state index contributed by atoms with van der Waals surface area (Å²) < 4.78 is 5.84. The molecule has 0 aliphatic carbocycles. The van der Waals surface area contributed by atoms with Gasteiger partial charge < -0.3 is 10.1 Å². The van der Waals surface area contributed by atoms with E-state index >= 15 is 0 Å². The van der Waals surface area contributed by atoms with Crippen LogP contribution in [0.4, 0.5) is 0 Å². The minimum absolute atomic E-state index is 0.117. The summed E-state index contributed by atoms with van der Waals surface area (Å²) in [4.78, 5) is 0. The molecule has 1 aliphatic rings. The molecule has 1 heterocycles. The smallest absolute Gasteiger partial charge is 0.142 e. The Bertz CT molecular complexity index is 401. The third-order valence-corrected chi connectivity index (χ3v) is 3.12. The summed E-state index contributed by atoms with van der Waals surface area (Å²) in [6.07, 6.45) is 1.94. The summed E-state index contributed by atoms with van der Waals surface area (Å²) in [6.45, 7) is 5.16. The van der Waals surface area contributed by atoms with Crippen molar-refractivity contribution in [2.45, 2.75) is 32.3 Å². The van der Waals surface area contributed by atoms with Crippen LogP contribution in [0.1, 0.15) is 25.0 Å². The van der Waals surface area contributed by atoms with Crippen molar-refractivity contribution in [3.63, 3.8) is 0 Å². The Hall–Kier alpha value is -0.730. The van der Waals surface area contributed by atoms with Crippen LogP contribution in [0.15, 0.2) is 12.1 Å². The van der Waals surface area contributed by atoms with Crippen molar-refractivity contribution in [3.8, 4) is 5.75 Å². The van der Waals surface area contributed by atoms with Crippen molar-refractivity contribution in [2.24, 2.45) is 0 Å². The lowest BCUT2D eigenvalue weighted by atomic mass is 9.99. The van der Waals surface area contributed by atoms with Gasteiger partial charge >= 0.3 is 0 Å². The van der Waals surface area contributed by atoms with Gasteiger partial charge in [-0.15, -0.1) is 0 Å². The van der Waals surface area contributed by atoms with E-state index in [1.807, 2.05) is 13.1 Å². The van der Waals surface area contributed by atoms with E-state index < -0.39 is 0 Å². The highest BCUT2D eigenvalue weighted by Gasteiger charge is 2.31. The van der Waals surface area contributed by atoms with E-state index in [2.05, 4.69) is 25.2 Å². The first kappa shape index (κ1) is 11.7. The maximum Gasteiger partial charge on any atom is 0.142 e. The molecule has 0 radical (unpaired) electrons. The van der Waals surface area contributed by atoms with E-state index in [-0.39, 0.29) is 5.60 Å². The summed E-state index contributed by atoms with van der Waals surface area (Å²) in [5.74, 6) is 0.875. The molecule has 1 N–H and O–H groups in total. The van der Waals surface area contributed by atoms with Gasteiger partial charge in [-0.2, -0.15) is 0 Å². The minimum atomic E-state index is -0.117. The van der Waals surface area contributed by atoms with Gasteiger partial charge in [0.15, 0.2) is 0 Å². The second-order valence-corrected chi connectivity index (χ2v) is 5.37. The highest BCUT2D eigenvalue weighted by Crippen LogP contribution is 2.40. The number of ether oxygens (including phenoxy) is 1. The molecule has 0 amide bonds. The molecule has 0 aromatic heterocycles. The molecule has 3 heteroatoms. The Morgan fingerprint density at radius 2 is 2.19 bits per heavy atom. The Balaban J connectivity index is 2.27. The van der Waals surface area contributed by atoms with Crippen LogP contribution in [0.2, 0.25) is 5.02 Å². The molecule has 0 fully saturated rings. The van der Waals surface area contributed by atoms with Gasteiger partial charge in [0.1, 0.15) is 11.4 Å². The fraction of sp³-hybridized carbons (Fsp3) is 0.538. The van der Waals surface area contributed by atoms with Crippen LogP contribution in [0.5, 0.6) is 5.75 Å². The molecule has 0 spiro atoms. The summed E-state index contributed by atoms with van der Waals surface area (Å²) in [6, 6.07) is 4.23. The summed E-state index contributed by atoms with van der Waals surface area (Å²) in [5.41, 5.74) is 2.40. The van der Waals surface area contributed by atoms with Crippen LogP contribution in [-0.4, -0.2) is 19.2 Å². The molecular weight excluding hydrogens is 222 g/mol. The van der Waals surface area contributed by atoms with Crippen molar-refractivity contribution >= 4 is 11.6 Å². The number of fused-ring (bicyclic) bond motifs is 1. The van der Waals surface area contributed by atoms with Gasteiger partial charge in [-0.25, -0.2) is 0 Å². The molecular formula is C13H18ClNO. The van der Waals surface area contributed by atoms with Crippen molar-refractivity contribution in [1.29, 1.82) is 0 Å². The third-order valence-electron chi connectivity index (χ3n) is 2.84. The Labute approximate surface area is 102 Å². The molecule has 1 aromatic carbocycles. The van der Waals surface area contributed by atoms with Gasteiger partial charge in [0.2, 0.25) is 0 Å². The number of hydrogen-bond donors (Lipinski definition) is 1. The van der Waals surface area contributed by atoms with Gasteiger partial charge in [-0.05, 0) is 51.1 Å². The van der Waals surface area contributed by atoms with Crippen LogP contribution in [0.3, 0.4) is 0 Å². The number of hydrogen-bond acceptors (Lipinski definition) is 2. The average Bonchev–Trinajstić information content (AvgIpc) is 2.50. The zero-order valence-corrected chi connectivity index (χ0v) is 10.8. The van der Waals surface area contributed by atoms with Gasteiger partial charge in [-0.3, -0.25) is 0 Å². The van der Waals surface area contributed by atoms with Crippen LogP contribution in [0, 0.1) is 0 Å². The van der Waals surface area contributed by atoms with E-state index in [9.17, 15) is 0 Å². The summed E-state index contributed by atoms with van der Waals surface area (Å²) in [5, 5.41) is 3.89. The second-order valence-electron chi connectivity index (χ2n) is 4.96. The highest BCUT2D eigenvalue weighted by atomic mass is 35.5. The first-order valence-corrected chi connectivity index (χ1v) is 6.04. The van der Waals surface area contributed by atoms with Crippen LogP contribution in [-0.2, 0) is 12.8 Å². The summed E-state index contributed by atoms with van der Waals surface area (Å²) in [7, 11) is 1.96. The monoisotopic (exact) mass is 239 g/mol. The largest absolute Gasteiger partial charge is 0.486 e. The van der Waals surface area contributed by atoms with Crippen molar-refractivity contribution in [3.05, 3.63) is 28.3 Å². The molecule has 0 unspecified atom stereocenters. The van der Waals surface area contributed by atoms with E-state index in [1.165, 1.54) is 11.1 Å². The minimum Gasteiger partial charge on any atom is -0.486 e. The molecule has 0 atom stereocenters. The first-order chi connectivity index (χ1) is 7.52. The van der Waals surface area contributed by atoms with Gasteiger partial charge in [-0.1, -0.05) is 17.7 Å². The lowest BCUT2D eigenvalue weighted by Crippen LogP contribution is -2.24. The molecule has 2 rings (SSSR count). The van der Waals surface area contributed by atoms with Gasteiger partial charge in [0.25, 0.3) is 0 Å². The second kappa shape index (κ2) is 4.27. The number of rotatable bonds is 3. The molecule has 0 bridgehead atoms. The number of nitrogens with one attached hydrogen (secondary N) is 1. The molecule has 0 saturated heterocycles. The molecule has 1 aliphatic heterocycles. The van der Waals surface area contributed by atoms with Gasteiger partial charge in [0, 0.05) is 6.42 Å². The van der Waals surface area contributed by atoms with Crippen LogP contribution >= 0.6 is 11.6 Å². The van der Waals surface area contributed by atoms with E-state index in [0.717, 1.165) is 30.2 Å². The van der Waals surface area contributed by atoms with Crippen molar-refractivity contribution < 1.29 is 4.74 Å². The molecule has 88 valence electrons. The van der Waals surface area contributed by atoms with Crippen molar-refractivity contribution in [2.75, 3.05) is 13.6 Å². The Morgan fingerprint density at radius 1 is 1.44 bits per heavy atom. The van der Waals surface area contributed by atoms with Crippen molar-refractivity contribution in [1.82, 2.24) is 5.32 Å². The quantitative estimate of drug-likeness (QED) is 0.876. The average molecular weight is 240 g/mol. The van der Waals surface area contributed by atoms with Crippen LogP contribution < -0.4 is 10.1 Å². The predicted molar refractivity (Wildman–Crippen MR) is 67.5 cm³/mol. The van der Waals surface area contributed by atoms with Crippen LogP contribution in [0.25, 0.3) is 0 Å². The Morgan fingerprint density at radius 3 is 2.88 bits per heavy atom. The fourth-order valence-electron chi connectivity index (χ4n) is 2.14. The number of likely N-dealkylation sites (N-methyl/N-ethyl adjacent to an activating group) is 1. The third kappa shape index (κ3) is 2.33. The van der Waals surface area contributed by atoms with Gasteiger partial charge in [0.05, 0.1) is 5.02 Å². The Kier molecular flexibility index (Phi) is 3.13. The summed E-state index contributed by atoms with van der Waals surface area (Å²) >= 11 is 6.24. The lowest BCUT2D eigenvalue weighted by molar-refractivity contribution is 0.138. The molecule has 2 nitrogen and oxygen atoms in total. The molecule has 16 heavy (non-hydrogen) atoms. The van der Waals surface area contributed by atoms with E-state index in [1.54, 1.807) is 0 Å². The maximum absolute atomic E-state index is 6.24. The first-order valence-electron chi connectivity index (χ1n) is 5.67. The van der Waals surface area contributed by atoms with E-state index in [0.29, 0.717) is 0 Å². The maximum atomic E-state index is 6.24. The number of benzene rings is 1. The lowest BCUT2D eigenvalue weighted by Gasteiger charge is -2.17. The number of halogens is 1. The normalized spacial score (nSPS) is 17.0. The zero-order valence-electron chi connectivity index (χ0n) is 10.1.